The van der Waals surface area contributed by atoms with Gasteiger partial charge in [-0.25, -0.2) is 9.97 Å². The first kappa shape index (κ1) is 12.2. The summed E-state index contributed by atoms with van der Waals surface area (Å²) in [4.78, 5) is 11.2. The average Bonchev–Trinajstić information content (AvgIpc) is 2.75. The number of hydrogen-bond donors (Lipinski definition) is 0. The van der Waals surface area contributed by atoms with Crippen LogP contribution in [-0.2, 0) is 0 Å². The third-order valence-electron chi connectivity index (χ3n) is 3.73. The Labute approximate surface area is 113 Å². The number of rotatable bonds is 2. The predicted octanol–water partition coefficient (Wildman–Crippen LogP) is 3.02. The molecule has 0 amide bonds. The van der Waals surface area contributed by atoms with Crippen LogP contribution in [-0.4, -0.2) is 30.2 Å². The highest BCUT2D eigenvalue weighted by Gasteiger charge is 2.14. The number of ether oxygens (including phenoxy) is 1. The number of nitrogens with zero attached hydrogens (tertiary/aromatic N) is 3. The minimum Gasteiger partial charge on any atom is -0.497 e. The van der Waals surface area contributed by atoms with Crippen molar-refractivity contribution in [1.82, 2.24) is 9.97 Å². The van der Waals surface area contributed by atoms with E-state index in [-0.39, 0.29) is 0 Å². The van der Waals surface area contributed by atoms with E-state index in [4.69, 9.17) is 4.74 Å². The molecule has 0 unspecified atom stereocenters. The Balaban J connectivity index is 2.02. The summed E-state index contributed by atoms with van der Waals surface area (Å²) in [7, 11) is 1.68. The summed E-state index contributed by atoms with van der Waals surface area (Å²) in [6.45, 7) is 2.19. The van der Waals surface area contributed by atoms with E-state index in [0.717, 1.165) is 35.6 Å². The second-order valence-electron chi connectivity index (χ2n) is 4.98. The van der Waals surface area contributed by atoms with E-state index in [0.29, 0.717) is 0 Å². The van der Waals surface area contributed by atoms with Crippen LogP contribution in [0.4, 0.5) is 5.82 Å². The number of methoxy groups -OCH3 is 1. The van der Waals surface area contributed by atoms with E-state index >= 15 is 0 Å². The van der Waals surface area contributed by atoms with E-state index in [9.17, 15) is 0 Å². The smallest absolute Gasteiger partial charge is 0.139 e. The van der Waals surface area contributed by atoms with Gasteiger partial charge in [0.1, 0.15) is 17.9 Å². The molecule has 4 heteroatoms. The van der Waals surface area contributed by atoms with E-state index in [1.165, 1.54) is 25.7 Å². The van der Waals surface area contributed by atoms with Crippen LogP contribution in [0.5, 0.6) is 5.75 Å². The Morgan fingerprint density at radius 3 is 2.58 bits per heavy atom. The highest BCUT2D eigenvalue weighted by molar-refractivity contribution is 5.90. The Morgan fingerprint density at radius 1 is 1.05 bits per heavy atom. The molecule has 19 heavy (non-hydrogen) atoms. The number of benzene rings is 1. The van der Waals surface area contributed by atoms with Crippen molar-refractivity contribution in [3.63, 3.8) is 0 Å². The van der Waals surface area contributed by atoms with Gasteiger partial charge in [-0.2, -0.15) is 0 Å². The van der Waals surface area contributed by atoms with Crippen LogP contribution in [0.15, 0.2) is 24.5 Å². The van der Waals surface area contributed by atoms with Gasteiger partial charge in [0, 0.05) is 24.5 Å². The van der Waals surface area contributed by atoms with Gasteiger partial charge in [-0.3, -0.25) is 0 Å². The maximum absolute atomic E-state index is 5.25. The van der Waals surface area contributed by atoms with Crippen molar-refractivity contribution in [3.05, 3.63) is 24.5 Å². The lowest BCUT2D eigenvalue weighted by Gasteiger charge is -2.22. The zero-order valence-electron chi connectivity index (χ0n) is 11.3. The van der Waals surface area contributed by atoms with E-state index in [2.05, 4.69) is 20.9 Å². The van der Waals surface area contributed by atoms with Gasteiger partial charge < -0.3 is 9.64 Å². The maximum Gasteiger partial charge on any atom is 0.139 e. The van der Waals surface area contributed by atoms with Crippen molar-refractivity contribution in [2.75, 3.05) is 25.1 Å². The molecule has 4 nitrogen and oxygen atoms in total. The molecule has 0 radical (unpaired) electrons. The molecule has 1 aliphatic heterocycles. The second-order valence-corrected chi connectivity index (χ2v) is 4.98. The predicted molar refractivity (Wildman–Crippen MR) is 76.8 cm³/mol. The number of aromatic nitrogens is 2. The largest absolute Gasteiger partial charge is 0.497 e. The van der Waals surface area contributed by atoms with Crippen LogP contribution in [0.25, 0.3) is 10.9 Å². The van der Waals surface area contributed by atoms with E-state index < -0.39 is 0 Å². The zero-order valence-corrected chi connectivity index (χ0v) is 11.3. The van der Waals surface area contributed by atoms with Crippen LogP contribution in [0.1, 0.15) is 25.7 Å². The molecule has 1 saturated heterocycles. The summed E-state index contributed by atoms with van der Waals surface area (Å²) in [6.07, 6.45) is 6.81. The summed E-state index contributed by atoms with van der Waals surface area (Å²) in [5.74, 6) is 1.91. The molecule has 1 aromatic carbocycles. The Kier molecular flexibility index (Phi) is 3.49. The lowest BCUT2D eigenvalue weighted by molar-refractivity contribution is 0.415. The van der Waals surface area contributed by atoms with Crippen molar-refractivity contribution in [1.29, 1.82) is 0 Å². The van der Waals surface area contributed by atoms with Crippen molar-refractivity contribution >= 4 is 16.7 Å². The van der Waals surface area contributed by atoms with Gasteiger partial charge in [0.2, 0.25) is 0 Å². The number of fused-ring (bicyclic) bond motifs is 1. The summed E-state index contributed by atoms with van der Waals surface area (Å²) >= 11 is 0. The van der Waals surface area contributed by atoms with Crippen molar-refractivity contribution in [2.24, 2.45) is 0 Å². The number of hydrogen-bond acceptors (Lipinski definition) is 4. The average molecular weight is 257 g/mol. The molecule has 0 aliphatic carbocycles. The summed E-state index contributed by atoms with van der Waals surface area (Å²) in [6, 6.07) is 6.01. The molecule has 0 spiro atoms. The first-order valence-corrected chi connectivity index (χ1v) is 6.92. The van der Waals surface area contributed by atoms with Gasteiger partial charge >= 0.3 is 0 Å². The molecule has 3 rings (SSSR count). The van der Waals surface area contributed by atoms with Gasteiger partial charge in [0.15, 0.2) is 0 Å². The van der Waals surface area contributed by atoms with Gasteiger partial charge in [-0.15, -0.1) is 0 Å². The summed E-state index contributed by atoms with van der Waals surface area (Å²) < 4.78 is 5.25. The lowest BCUT2D eigenvalue weighted by Crippen LogP contribution is -2.25. The molecule has 1 aliphatic rings. The highest BCUT2D eigenvalue weighted by Crippen LogP contribution is 2.27. The van der Waals surface area contributed by atoms with Crippen LogP contribution >= 0.6 is 0 Å². The lowest BCUT2D eigenvalue weighted by atomic mass is 10.2. The van der Waals surface area contributed by atoms with Crippen LogP contribution in [0.3, 0.4) is 0 Å². The normalized spacial score (nSPS) is 16.4. The fourth-order valence-electron chi connectivity index (χ4n) is 2.68. The number of anilines is 1. The second kappa shape index (κ2) is 5.43. The minimum absolute atomic E-state index is 0.841. The van der Waals surface area contributed by atoms with Gasteiger partial charge in [-0.05, 0) is 25.0 Å². The van der Waals surface area contributed by atoms with Crippen LogP contribution in [0.2, 0.25) is 0 Å². The topological polar surface area (TPSA) is 38.2 Å². The van der Waals surface area contributed by atoms with Crippen LogP contribution in [0, 0.1) is 0 Å². The van der Waals surface area contributed by atoms with Crippen molar-refractivity contribution in [2.45, 2.75) is 25.7 Å². The molecule has 0 bridgehead atoms. The molecule has 0 saturated carbocycles. The fourth-order valence-corrected chi connectivity index (χ4v) is 2.68. The Bertz CT molecular complexity index is 562. The molecule has 1 fully saturated rings. The highest BCUT2D eigenvalue weighted by atomic mass is 16.5. The SMILES string of the molecule is COc1ccc2c(N3CCCCCC3)ncnc2c1. The summed E-state index contributed by atoms with van der Waals surface area (Å²) in [5, 5.41) is 1.12. The van der Waals surface area contributed by atoms with Gasteiger partial charge in [0.05, 0.1) is 12.6 Å². The summed E-state index contributed by atoms with van der Waals surface area (Å²) in [5.41, 5.74) is 0.952. The molecule has 0 N–H and O–H groups in total. The third kappa shape index (κ3) is 2.48. The van der Waals surface area contributed by atoms with Crippen molar-refractivity contribution in [3.8, 4) is 5.75 Å². The van der Waals surface area contributed by atoms with E-state index in [1.807, 2.05) is 12.1 Å². The molecule has 0 atom stereocenters. The molecule has 1 aromatic heterocycles. The first-order valence-electron chi connectivity index (χ1n) is 6.92. The molecule has 2 heterocycles. The zero-order chi connectivity index (χ0) is 13.1. The third-order valence-corrected chi connectivity index (χ3v) is 3.73. The van der Waals surface area contributed by atoms with Gasteiger partial charge in [0.25, 0.3) is 0 Å². The molecular formula is C15H19N3O. The molecule has 100 valence electrons. The molecular weight excluding hydrogens is 238 g/mol. The van der Waals surface area contributed by atoms with Crippen molar-refractivity contribution < 1.29 is 4.74 Å². The Hall–Kier alpha value is -1.84. The monoisotopic (exact) mass is 257 g/mol. The van der Waals surface area contributed by atoms with Gasteiger partial charge in [-0.1, -0.05) is 12.8 Å². The maximum atomic E-state index is 5.25. The van der Waals surface area contributed by atoms with E-state index in [1.54, 1.807) is 13.4 Å². The first-order chi connectivity index (χ1) is 9.38. The standard InChI is InChI=1S/C15H19N3O/c1-19-12-6-7-13-14(10-12)16-11-17-15(13)18-8-4-2-3-5-9-18/h6-7,10-11H,2-5,8-9H2,1H3. The Morgan fingerprint density at radius 2 is 1.84 bits per heavy atom. The van der Waals surface area contributed by atoms with Crippen LogP contribution < -0.4 is 9.64 Å². The minimum atomic E-state index is 0.841. The fraction of sp³-hybridized carbons (Fsp3) is 0.467. The molecule has 2 aromatic rings. The quantitative estimate of drug-likeness (QED) is 0.829.